The fourth-order valence-corrected chi connectivity index (χ4v) is 1.84. The van der Waals surface area contributed by atoms with Crippen molar-refractivity contribution in [2.45, 2.75) is 12.2 Å². The Hall–Kier alpha value is -0.830. The summed E-state index contributed by atoms with van der Waals surface area (Å²) < 4.78 is 6.55. The molecule has 1 atom stereocenters. The topological polar surface area (TPSA) is 9.23 Å². The van der Waals surface area contributed by atoms with Crippen LogP contribution in [0.5, 0.6) is 0 Å². The molecular weight excluding hydrogens is 300 g/mol. The van der Waals surface area contributed by atoms with Gasteiger partial charge in [-0.15, -0.1) is 0 Å². The zero-order valence-electron chi connectivity index (χ0n) is 9.07. The Balaban J connectivity index is 1.93. The number of ether oxygens (including phenoxy) is 1. The molecule has 0 aliphatic heterocycles. The smallest absolute Gasteiger partial charge is 0.157 e. The Kier molecular flexibility index (Phi) is 4.60. The van der Waals surface area contributed by atoms with E-state index in [1.807, 2.05) is 48.5 Å². The molecule has 2 aromatic rings. The Morgan fingerprint density at radius 2 is 1.94 bits per heavy atom. The van der Waals surface area contributed by atoms with E-state index >= 15 is 0 Å². The van der Waals surface area contributed by atoms with Crippen LogP contribution in [0.1, 0.15) is 16.7 Å². The van der Waals surface area contributed by atoms with Gasteiger partial charge in [-0.3, -0.25) is 0 Å². The Morgan fingerprint density at radius 1 is 1.18 bits per heavy atom. The minimum absolute atomic E-state index is 0.469. The van der Waals surface area contributed by atoms with Crippen LogP contribution in [0.3, 0.4) is 0 Å². The molecule has 1 radical (unpaired) electrons. The lowest BCUT2D eigenvalue weighted by molar-refractivity contribution is 0.0941. The van der Waals surface area contributed by atoms with Crippen LogP contribution in [0.15, 0.2) is 53.0 Å². The van der Waals surface area contributed by atoms with Crippen molar-refractivity contribution in [3.05, 3.63) is 70.2 Å². The normalized spacial score (nSPS) is 12.4. The van der Waals surface area contributed by atoms with Gasteiger partial charge in [0.2, 0.25) is 0 Å². The van der Waals surface area contributed by atoms with Crippen molar-refractivity contribution >= 4 is 27.5 Å². The van der Waals surface area contributed by atoms with Gasteiger partial charge in [-0.25, -0.2) is 0 Å². The summed E-state index contributed by atoms with van der Waals surface area (Å²) in [4.78, 5) is 0. The van der Waals surface area contributed by atoms with Crippen molar-refractivity contribution in [2.75, 3.05) is 0 Å². The number of hydrogen-bond donors (Lipinski definition) is 0. The lowest BCUT2D eigenvalue weighted by Crippen LogP contribution is -1.98. The van der Waals surface area contributed by atoms with E-state index in [-0.39, 0.29) is 0 Å². The molecule has 17 heavy (non-hydrogen) atoms. The molecule has 0 heterocycles. The Labute approximate surface area is 115 Å². The quantitative estimate of drug-likeness (QED) is 0.744. The lowest BCUT2D eigenvalue weighted by atomic mass is 10.2. The first kappa shape index (κ1) is 12.6. The van der Waals surface area contributed by atoms with Gasteiger partial charge in [0.15, 0.2) is 5.56 Å². The summed E-state index contributed by atoms with van der Waals surface area (Å²) in [7, 11) is 0. The average molecular weight is 311 g/mol. The molecule has 0 aliphatic rings. The Bertz CT molecular complexity index is 455. The molecule has 0 fully saturated rings. The number of benzene rings is 2. The zero-order valence-corrected chi connectivity index (χ0v) is 11.4. The van der Waals surface area contributed by atoms with Crippen molar-refractivity contribution in [3.63, 3.8) is 0 Å². The van der Waals surface area contributed by atoms with E-state index in [1.54, 1.807) is 0 Å². The number of halogens is 2. The van der Waals surface area contributed by atoms with Crippen LogP contribution < -0.4 is 0 Å². The van der Waals surface area contributed by atoms with Crippen molar-refractivity contribution in [1.82, 2.24) is 0 Å². The van der Waals surface area contributed by atoms with Crippen LogP contribution in [-0.4, -0.2) is 0 Å². The van der Waals surface area contributed by atoms with Gasteiger partial charge in [-0.2, -0.15) is 0 Å². The van der Waals surface area contributed by atoms with Gasteiger partial charge in [-0.1, -0.05) is 63.9 Å². The number of alkyl halides is 1. The van der Waals surface area contributed by atoms with Crippen molar-refractivity contribution < 1.29 is 4.74 Å². The molecule has 0 aliphatic carbocycles. The maximum absolute atomic E-state index is 6.14. The fraction of sp³-hybridized carbons (Fsp3) is 0.143. The third-order valence-corrected chi connectivity index (χ3v) is 3.14. The summed E-state index contributed by atoms with van der Waals surface area (Å²) >= 11 is 9.49. The highest BCUT2D eigenvalue weighted by atomic mass is 79.9. The molecule has 0 N–H and O–H groups in total. The number of rotatable bonds is 4. The molecule has 0 spiro atoms. The maximum Gasteiger partial charge on any atom is 0.157 e. The summed E-state index contributed by atoms with van der Waals surface area (Å²) in [6.45, 7) is 0.499. The molecular formula is C14H11BrClO. The summed E-state index contributed by atoms with van der Waals surface area (Å²) in [5.41, 5.74) is 1.48. The SMILES string of the molecule is ClC(OCc1ccccc1)c1[c]cc(Br)cc1. The third-order valence-electron chi connectivity index (χ3n) is 2.28. The van der Waals surface area contributed by atoms with Crippen LogP contribution in [0.2, 0.25) is 0 Å². The first-order chi connectivity index (χ1) is 8.25. The highest BCUT2D eigenvalue weighted by Gasteiger charge is 2.08. The van der Waals surface area contributed by atoms with Crippen LogP contribution >= 0.6 is 27.5 Å². The largest absolute Gasteiger partial charge is 0.354 e. The maximum atomic E-state index is 6.14. The summed E-state index contributed by atoms with van der Waals surface area (Å²) in [5.74, 6) is 0. The predicted octanol–water partition coefficient (Wildman–Crippen LogP) is 4.70. The van der Waals surface area contributed by atoms with Gasteiger partial charge in [0.1, 0.15) is 0 Å². The van der Waals surface area contributed by atoms with Gasteiger partial charge in [0, 0.05) is 10.0 Å². The minimum Gasteiger partial charge on any atom is -0.354 e. The zero-order chi connectivity index (χ0) is 12.1. The van der Waals surface area contributed by atoms with Gasteiger partial charge in [-0.05, 0) is 23.8 Å². The van der Waals surface area contributed by atoms with Crippen LogP contribution in [0, 0.1) is 6.07 Å². The van der Waals surface area contributed by atoms with E-state index in [9.17, 15) is 0 Å². The summed E-state index contributed by atoms with van der Waals surface area (Å²) in [5, 5.41) is 0. The first-order valence-electron chi connectivity index (χ1n) is 5.22. The molecule has 2 rings (SSSR count). The average Bonchev–Trinajstić information content (AvgIpc) is 2.38. The Morgan fingerprint density at radius 3 is 2.59 bits per heavy atom. The van der Waals surface area contributed by atoms with E-state index in [1.165, 1.54) is 0 Å². The molecule has 0 amide bonds. The fourth-order valence-electron chi connectivity index (χ4n) is 1.39. The second-order valence-corrected chi connectivity index (χ2v) is 4.89. The molecule has 3 heteroatoms. The molecule has 0 saturated heterocycles. The highest BCUT2D eigenvalue weighted by Crippen LogP contribution is 2.24. The van der Waals surface area contributed by atoms with E-state index in [2.05, 4.69) is 22.0 Å². The third kappa shape index (κ3) is 3.84. The number of hydrogen-bond acceptors (Lipinski definition) is 1. The second kappa shape index (κ2) is 6.20. The van der Waals surface area contributed by atoms with Gasteiger partial charge >= 0.3 is 0 Å². The molecule has 0 bridgehead atoms. The lowest BCUT2D eigenvalue weighted by Gasteiger charge is -2.11. The van der Waals surface area contributed by atoms with Crippen molar-refractivity contribution in [2.24, 2.45) is 0 Å². The molecule has 1 nitrogen and oxygen atoms in total. The summed E-state index contributed by atoms with van der Waals surface area (Å²) in [6, 6.07) is 18.7. The first-order valence-corrected chi connectivity index (χ1v) is 6.45. The molecule has 87 valence electrons. The van der Waals surface area contributed by atoms with E-state index in [0.29, 0.717) is 6.61 Å². The second-order valence-electron chi connectivity index (χ2n) is 3.57. The minimum atomic E-state index is -0.469. The van der Waals surface area contributed by atoms with Crippen LogP contribution in [0.4, 0.5) is 0 Å². The van der Waals surface area contributed by atoms with Gasteiger partial charge in [0.25, 0.3) is 0 Å². The monoisotopic (exact) mass is 309 g/mol. The van der Waals surface area contributed by atoms with E-state index < -0.39 is 5.56 Å². The van der Waals surface area contributed by atoms with Gasteiger partial charge in [0.05, 0.1) is 6.61 Å². The van der Waals surface area contributed by atoms with Crippen molar-refractivity contribution in [3.8, 4) is 0 Å². The standard InChI is InChI=1S/C14H11BrClO/c15-13-8-6-12(7-9-13)14(16)17-10-11-4-2-1-3-5-11/h1-6,8-9,14H,10H2. The van der Waals surface area contributed by atoms with Gasteiger partial charge < -0.3 is 4.74 Å². The predicted molar refractivity (Wildman–Crippen MR) is 72.8 cm³/mol. The molecule has 0 saturated carbocycles. The molecule has 2 aromatic carbocycles. The molecule has 0 aromatic heterocycles. The van der Waals surface area contributed by atoms with Crippen LogP contribution in [-0.2, 0) is 11.3 Å². The highest BCUT2D eigenvalue weighted by molar-refractivity contribution is 9.10. The summed E-state index contributed by atoms with van der Waals surface area (Å²) in [6.07, 6.45) is 0. The van der Waals surface area contributed by atoms with Crippen LogP contribution in [0.25, 0.3) is 0 Å². The van der Waals surface area contributed by atoms with E-state index in [0.717, 1.165) is 15.6 Å². The molecule has 1 unspecified atom stereocenters. The van der Waals surface area contributed by atoms with Crippen molar-refractivity contribution in [1.29, 1.82) is 0 Å². The van der Waals surface area contributed by atoms with E-state index in [4.69, 9.17) is 16.3 Å².